The molecule has 0 spiro atoms. The van der Waals surface area contributed by atoms with Crippen molar-refractivity contribution in [1.29, 1.82) is 0 Å². The number of aromatic nitrogens is 3. The number of aryl methyl sites for hydroxylation is 2. The van der Waals surface area contributed by atoms with Crippen molar-refractivity contribution in [2.45, 2.75) is 45.8 Å². The highest BCUT2D eigenvalue weighted by atomic mass is 16.5. The van der Waals surface area contributed by atoms with Gasteiger partial charge >= 0.3 is 0 Å². The summed E-state index contributed by atoms with van der Waals surface area (Å²) in [6.45, 7) is 6.22. The van der Waals surface area contributed by atoms with Gasteiger partial charge < -0.3 is 14.6 Å². The lowest BCUT2D eigenvalue weighted by atomic mass is 10.3. The second-order valence-corrected chi connectivity index (χ2v) is 5.57. The second-order valence-electron chi connectivity index (χ2n) is 5.57. The minimum absolute atomic E-state index is 0.623. The largest absolute Gasteiger partial charge is 0.490 e. The Morgan fingerprint density at radius 3 is 2.90 bits per heavy atom. The molecule has 1 N–H and O–H groups in total. The number of ether oxygens (including phenoxy) is 1. The van der Waals surface area contributed by atoms with Gasteiger partial charge in [0.05, 0.1) is 12.2 Å². The molecule has 2 aromatic heterocycles. The molecule has 0 aliphatic heterocycles. The van der Waals surface area contributed by atoms with Gasteiger partial charge in [-0.2, -0.15) is 0 Å². The van der Waals surface area contributed by atoms with Crippen LogP contribution >= 0.6 is 0 Å². The molecule has 3 rings (SSSR count). The first-order valence-corrected chi connectivity index (χ1v) is 7.53. The zero-order valence-electron chi connectivity index (χ0n) is 12.7. The molecule has 5 nitrogen and oxygen atoms in total. The molecule has 0 amide bonds. The number of nitrogens with zero attached hydrogens (tertiary/aromatic N) is 3. The van der Waals surface area contributed by atoms with Crippen LogP contribution in [0.1, 0.15) is 30.1 Å². The van der Waals surface area contributed by atoms with Gasteiger partial charge in [0.15, 0.2) is 0 Å². The first-order valence-electron chi connectivity index (χ1n) is 7.53. The minimum atomic E-state index is 0.623. The summed E-state index contributed by atoms with van der Waals surface area (Å²) in [5.41, 5.74) is 2.03. The van der Waals surface area contributed by atoms with Crippen LogP contribution in [0, 0.1) is 13.8 Å². The number of hydrogen-bond acceptors (Lipinski definition) is 4. The molecule has 1 saturated carbocycles. The van der Waals surface area contributed by atoms with Crippen LogP contribution in [0.2, 0.25) is 0 Å². The summed E-state index contributed by atoms with van der Waals surface area (Å²) in [7, 11) is 0. The van der Waals surface area contributed by atoms with E-state index >= 15 is 0 Å². The van der Waals surface area contributed by atoms with Gasteiger partial charge in [0.1, 0.15) is 18.2 Å². The van der Waals surface area contributed by atoms with Gasteiger partial charge in [-0.25, -0.2) is 4.98 Å². The monoisotopic (exact) mass is 286 g/mol. The molecular weight excluding hydrogens is 264 g/mol. The highest BCUT2D eigenvalue weighted by molar-refractivity contribution is 5.29. The van der Waals surface area contributed by atoms with Crippen LogP contribution in [0.25, 0.3) is 0 Å². The average Bonchev–Trinajstić information content (AvgIpc) is 3.21. The highest BCUT2D eigenvalue weighted by Gasteiger charge is 2.21. The maximum Gasteiger partial charge on any atom is 0.142 e. The molecule has 21 heavy (non-hydrogen) atoms. The fraction of sp³-hybridized carbons (Fsp3) is 0.500. The van der Waals surface area contributed by atoms with Crippen molar-refractivity contribution < 1.29 is 4.74 Å². The fourth-order valence-electron chi connectivity index (χ4n) is 2.28. The topological polar surface area (TPSA) is 52.0 Å². The molecule has 112 valence electrons. The molecule has 1 aliphatic carbocycles. The van der Waals surface area contributed by atoms with E-state index < -0.39 is 0 Å². The van der Waals surface area contributed by atoms with Gasteiger partial charge in [-0.1, -0.05) is 0 Å². The molecule has 0 bridgehead atoms. The summed E-state index contributed by atoms with van der Waals surface area (Å²) in [4.78, 5) is 8.81. The van der Waals surface area contributed by atoms with Crippen molar-refractivity contribution in [3.63, 3.8) is 0 Å². The lowest BCUT2D eigenvalue weighted by Crippen LogP contribution is -2.18. The Morgan fingerprint density at radius 1 is 1.33 bits per heavy atom. The minimum Gasteiger partial charge on any atom is -0.490 e. The van der Waals surface area contributed by atoms with Crippen LogP contribution in [0.4, 0.5) is 0 Å². The molecule has 0 radical (unpaired) electrons. The van der Waals surface area contributed by atoms with Crippen LogP contribution in [-0.4, -0.2) is 27.2 Å². The van der Waals surface area contributed by atoms with E-state index in [1.807, 2.05) is 38.4 Å². The third-order valence-corrected chi connectivity index (χ3v) is 3.72. The summed E-state index contributed by atoms with van der Waals surface area (Å²) < 4.78 is 8.01. The van der Waals surface area contributed by atoms with Gasteiger partial charge in [-0.3, -0.25) is 4.98 Å². The molecule has 1 fully saturated rings. The van der Waals surface area contributed by atoms with Crippen molar-refractivity contribution in [2.24, 2.45) is 0 Å². The molecule has 0 saturated heterocycles. The van der Waals surface area contributed by atoms with E-state index in [9.17, 15) is 0 Å². The average molecular weight is 286 g/mol. The summed E-state index contributed by atoms with van der Waals surface area (Å²) in [5, 5.41) is 3.50. The lowest BCUT2D eigenvalue weighted by molar-refractivity contribution is 0.291. The highest BCUT2D eigenvalue weighted by Crippen LogP contribution is 2.22. The summed E-state index contributed by atoms with van der Waals surface area (Å²) in [5.74, 6) is 1.89. The second kappa shape index (κ2) is 6.26. The Labute approximate surface area is 125 Å². The summed E-state index contributed by atoms with van der Waals surface area (Å²) >= 11 is 0. The smallest absolute Gasteiger partial charge is 0.142 e. The van der Waals surface area contributed by atoms with Gasteiger partial charge in [0, 0.05) is 30.7 Å². The van der Waals surface area contributed by atoms with Gasteiger partial charge in [0.2, 0.25) is 0 Å². The van der Waals surface area contributed by atoms with Gasteiger partial charge in [0.25, 0.3) is 0 Å². The molecule has 2 heterocycles. The van der Waals surface area contributed by atoms with Crippen LogP contribution in [0.5, 0.6) is 5.75 Å². The molecule has 0 aromatic carbocycles. The van der Waals surface area contributed by atoms with E-state index in [2.05, 4.69) is 19.9 Å². The van der Waals surface area contributed by atoms with Crippen LogP contribution < -0.4 is 10.1 Å². The van der Waals surface area contributed by atoms with E-state index in [4.69, 9.17) is 4.74 Å². The number of rotatable bonds is 7. The molecule has 5 heteroatoms. The maximum absolute atomic E-state index is 5.92. The first kappa shape index (κ1) is 14.1. The zero-order chi connectivity index (χ0) is 14.7. The fourth-order valence-corrected chi connectivity index (χ4v) is 2.28. The van der Waals surface area contributed by atoms with E-state index in [0.29, 0.717) is 12.6 Å². The van der Waals surface area contributed by atoms with E-state index in [1.54, 1.807) is 0 Å². The Morgan fingerprint density at radius 2 is 2.19 bits per heavy atom. The first-order chi connectivity index (χ1) is 10.2. The Hall–Kier alpha value is -1.88. The zero-order valence-corrected chi connectivity index (χ0v) is 12.7. The van der Waals surface area contributed by atoms with Crippen molar-refractivity contribution >= 4 is 0 Å². The standard InChI is InChI=1S/C16H22N4O/c1-12-3-6-16(15(19-12)11-18-14-4-5-14)21-10-9-20-8-7-17-13(20)2/h3,6-8,14,18H,4-5,9-11H2,1-2H3. The predicted molar refractivity (Wildman–Crippen MR) is 81.3 cm³/mol. The molecular formula is C16H22N4O. The van der Waals surface area contributed by atoms with Crippen LogP contribution in [0.15, 0.2) is 24.5 Å². The third kappa shape index (κ3) is 3.82. The normalized spacial score (nSPS) is 14.4. The summed E-state index contributed by atoms with van der Waals surface area (Å²) in [6, 6.07) is 4.69. The molecule has 1 aliphatic rings. The van der Waals surface area contributed by atoms with Crippen molar-refractivity contribution in [3.8, 4) is 5.75 Å². The number of nitrogens with one attached hydrogen (secondary N) is 1. The Kier molecular flexibility index (Phi) is 4.20. The van der Waals surface area contributed by atoms with Crippen LogP contribution in [-0.2, 0) is 13.1 Å². The molecule has 2 aromatic rings. The summed E-state index contributed by atoms with van der Waals surface area (Å²) in [6.07, 6.45) is 6.35. The van der Waals surface area contributed by atoms with Crippen molar-refractivity contribution in [1.82, 2.24) is 19.9 Å². The van der Waals surface area contributed by atoms with Crippen molar-refractivity contribution in [3.05, 3.63) is 41.7 Å². The van der Waals surface area contributed by atoms with Gasteiger partial charge in [-0.05, 0) is 38.8 Å². The number of pyridine rings is 1. The molecule has 0 unspecified atom stereocenters. The Balaban J connectivity index is 1.59. The van der Waals surface area contributed by atoms with Crippen molar-refractivity contribution in [2.75, 3.05) is 6.61 Å². The van der Waals surface area contributed by atoms with E-state index in [0.717, 1.165) is 36.1 Å². The maximum atomic E-state index is 5.92. The number of hydrogen-bond donors (Lipinski definition) is 1. The van der Waals surface area contributed by atoms with Crippen LogP contribution in [0.3, 0.4) is 0 Å². The molecule has 0 atom stereocenters. The number of imidazole rings is 1. The SMILES string of the molecule is Cc1ccc(OCCn2ccnc2C)c(CNC2CC2)n1. The lowest BCUT2D eigenvalue weighted by Gasteiger charge is -2.13. The quantitative estimate of drug-likeness (QED) is 0.848. The Bertz CT molecular complexity index is 604. The van der Waals surface area contributed by atoms with E-state index in [-0.39, 0.29) is 0 Å². The predicted octanol–water partition coefficient (Wildman–Crippen LogP) is 2.23. The third-order valence-electron chi connectivity index (χ3n) is 3.72. The van der Waals surface area contributed by atoms with E-state index in [1.165, 1.54) is 12.8 Å². The van der Waals surface area contributed by atoms with Gasteiger partial charge in [-0.15, -0.1) is 0 Å².